The van der Waals surface area contributed by atoms with Crippen LogP contribution in [0.25, 0.3) is 0 Å². The van der Waals surface area contributed by atoms with Crippen molar-refractivity contribution in [3.63, 3.8) is 0 Å². The number of hydrogen-bond donors (Lipinski definition) is 1. The van der Waals surface area contributed by atoms with Crippen LogP contribution in [0.15, 0.2) is 18.2 Å². The summed E-state index contributed by atoms with van der Waals surface area (Å²) >= 11 is 0. The minimum absolute atomic E-state index is 0.137. The van der Waals surface area contributed by atoms with E-state index in [0.29, 0.717) is 11.6 Å². The Kier molecular flexibility index (Phi) is 2.42. The molecule has 1 nitrogen and oxygen atoms in total. The molecular formula is C10H9F4N. The molecule has 1 aliphatic rings. The van der Waals surface area contributed by atoms with Gasteiger partial charge in [-0.2, -0.15) is 13.2 Å². The second-order valence-electron chi connectivity index (χ2n) is 3.57. The second-order valence-corrected chi connectivity index (χ2v) is 3.57. The topological polar surface area (TPSA) is 12.0 Å². The molecule has 1 atom stereocenters. The molecule has 1 fully saturated rings. The van der Waals surface area contributed by atoms with Gasteiger partial charge in [0.05, 0.1) is 5.56 Å². The lowest BCUT2D eigenvalue weighted by Gasteiger charge is -2.28. The number of rotatable bonds is 1. The molecule has 1 N–H and O–H groups in total. The SMILES string of the molecule is Fc1cc([C@H]2CCN2)cc(C(F)(F)F)c1. The zero-order valence-electron chi connectivity index (χ0n) is 7.74. The summed E-state index contributed by atoms with van der Waals surface area (Å²) in [6.07, 6.45) is -3.73. The maximum Gasteiger partial charge on any atom is 0.416 e. The van der Waals surface area contributed by atoms with Gasteiger partial charge in [0, 0.05) is 6.04 Å². The summed E-state index contributed by atoms with van der Waals surface area (Å²) in [4.78, 5) is 0. The van der Waals surface area contributed by atoms with Crippen LogP contribution in [0.3, 0.4) is 0 Å². The van der Waals surface area contributed by atoms with Gasteiger partial charge in [-0.05, 0) is 36.7 Å². The van der Waals surface area contributed by atoms with Crippen molar-refractivity contribution in [2.75, 3.05) is 6.54 Å². The Morgan fingerprint density at radius 1 is 1.20 bits per heavy atom. The third kappa shape index (κ3) is 2.12. The molecule has 5 heteroatoms. The molecule has 0 amide bonds. The lowest BCUT2D eigenvalue weighted by molar-refractivity contribution is -0.137. The molecule has 1 heterocycles. The Balaban J connectivity index is 2.36. The first-order chi connectivity index (χ1) is 6.97. The molecule has 0 bridgehead atoms. The van der Waals surface area contributed by atoms with E-state index in [4.69, 9.17) is 0 Å². The van der Waals surface area contributed by atoms with Crippen molar-refractivity contribution >= 4 is 0 Å². The highest BCUT2D eigenvalue weighted by molar-refractivity contribution is 5.30. The van der Waals surface area contributed by atoms with Crippen molar-refractivity contribution in [3.05, 3.63) is 35.1 Å². The summed E-state index contributed by atoms with van der Waals surface area (Å²) in [5.41, 5.74) is -0.556. The molecule has 1 aromatic rings. The summed E-state index contributed by atoms with van der Waals surface area (Å²) in [5, 5.41) is 2.93. The van der Waals surface area contributed by atoms with Crippen LogP contribution in [0, 0.1) is 5.82 Å². The number of halogens is 4. The molecule has 0 aromatic heterocycles. The number of hydrogen-bond acceptors (Lipinski definition) is 1. The normalized spacial score (nSPS) is 21.2. The molecule has 15 heavy (non-hydrogen) atoms. The third-order valence-electron chi connectivity index (χ3n) is 2.47. The summed E-state index contributed by atoms with van der Waals surface area (Å²) in [6, 6.07) is 2.52. The number of benzene rings is 1. The van der Waals surface area contributed by atoms with Crippen LogP contribution >= 0.6 is 0 Å². The Hall–Kier alpha value is -1.10. The van der Waals surface area contributed by atoms with E-state index in [0.717, 1.165) is 25.1 Å². The second kappa shape index (κ2) is 3.48. The molecule has 1 saturated heterocycles. The summed E-state index contributed by atoms with van der Waals surface area (Å²) < 4.78 is 50.0. The smallest absolute Gasteiger partial charge is 0.310 e. The largest absolute Gasteiger partial charge is 0.416 e. The van der Waals surface area contributed by atoms with Crippen LogP contribution in [0.4, 0.5) is 17.6 Å². The van der Waals surface area contributed by atoms with Crippen molar-refractivity contribution in [1.29, 1.82) is 0 Å². The van der Waals surface area contributed by atoms with Crippen LogP contribution in [0.2, 0.25) is 0 Å². The van der Waals surface area contributed by atoms with E-state index >= 15 is 0 Å². The molecule has 0 saturated carbocycles. The quantitative estimate of drug-likeness (QED) is 0.716. The predicted octanol–water partition coefficient (Wildman–Crippen LogP) is 2.88. The summed E-state index contributed by atoms with van der Waals surface area (Å²) in [7, 11) is 0. The van der Waals surface area contributed by atoms with Crippen LogP contribution in [0.5, 0.6) is 0 Å². The lowest BCUT2D eigenvalue weighted by Crippen LogP contribution is -2.35. The van der Waals surface area contributed by atoms with E-state index in [1.54, 1.807) is 0 Å². The Morgan fingerprint density at radius 3 is 2.33 bits per heavy atom. The molecule has 82 valence electrons. The van der Waals surface area contributed by atoms with Gasteiger partial charge in [0.2, 0.25) is 0 Å². The molecule has 1 aromatic carbocycles. The number of nitrogens with one attached hydrogen (secondary N) is 1. The Labute approximate surface area is 84.1 Å². The van der Waals surface area contributed by atoms with Crippen molar-refractivity contribution < 1.29 is 17.6 Å². The minimum Gasteiger partial charge on any atom is -0.310 e. The van der Waals surface area contributed by atoms with Gasteiger partial charge in [0.1, 0.15) is 5.82 Å². The van der Waals surface area contributed by atoms with E-state index in [2.05, 4.69) is 5.32 Å². The van der Waals surface area contributed by atoms with Crippen molar-refractivity contribution in [2.24, 2.45) is 0 Å². The molecular weight excluding hydrogens is 210 g/mol. The fourth-order valence-electron chi connectivity index (χ4n) is 1.55. The van der Waals surface area contributed by atoms with Gasteiger partial charge in [0.25, 0.3) is 0 Å². The lowest BCUT2D eigenvalue weighted by atomic mass is 9.96. The van der Waals surface area contributed by atoms with Gasteiger partial charge in [-0.1, -0.05) is 0 Å². The van der Waals surface area contributed by atoms with E-state index in [-0.39, 0.29) is 6.04 Å². The van der Waals surface area contributed by atoms with E-state index in [9.17, 15) is 17.6 Å². The van der Waals surface area contributed by atoms with Gasteiger partial charge in [0.15, 0.2) is 0 Å². The van der Waals surface area contributed by atoms with Gasteiger partial charge < -0.3 is 5.32 Å². The van der Waals surface area contributed by atoms with Gasteiger partial charge >= 0.3 is 6.18 Å². The average Bonchev–Trinajstić information content (AvgIpc) is 1.97. The van der Waals surface area contributed by atoms with Crippen LogP contribution < -0.4 is 5.32 Å². The predicted molar refractivity (Wildman–Crippen MR) is 46.8 cm³/mol. The van der Waals surface area contributed by atoms with Crippen LogP contribution in [-0.2, 0) is 6.18 Å². The average molecular weight is 219 g/mol. The molecule has 0 aliphatic carbocycles. The standard InChI is InChI=1S/C10H9F4N/c11-8-4-6(9-1-2-15-9)3-7(5-8)10(12,13)14/h3-5,9,15H,1-2H2/t9-/m1/s1. The fraction of sp³-hybridized carbons (Fsp3) is 0.400. The zero-order chi connectivity index (χ0) is 11.1. The molecule has 0 spiro atoms. The third-order valence-corrected chi connectivity index (χ3v) is 2.47. The molecule has 0 radical (unpaired) electrons. The van der Waals surface area contributed by atoms with Gasteiger partial charge in [-0.15, -0.1) is 0 Å². The van der Waals surface area contributed by atoms with E-state index < -0.39 is 17.6 Å². The van der Waals surface area contributed by atoms with Gasteiger partial charge in [-0.25, -0.2) is 4.39 Å². The highest BCUT2D eigenvalue weighted by Crippen LogP contribution is 2.33. The van der Waals surface area contributed by atoms with Gasteiger partial charge in [-0.3, -0.25) is 0 Å². The van der Waals surface area contributed by atoms with Crippen LogP contribution in [-0.4, -0.2) is 6.54 Å². The van der Waals surface area contributed by atoms with Crippen molar-refractivity contribution in [3.8, 4) is 0 Å². The molecule has 0 unspecified atom stereocenters. The van der Waals surface area contributed by atoms with Crippen molar-refractivity contribution in [2.45, 2.75) is 18.6 Å². The van der Waals surface area contributed by atoms with E-state index in [1.807, 2.05) is 0 Å². The first-order valence-electron chi connectivity index (χ1n) is 4.58. The molecule has 1 aliphatic heterocycles. The first kappa shape index (κ1) is 10.4. The monoisotopic (exact) mass is 219 g/mol. The highest BCUT2D eigenvalue weighted by atomic mass is 19.4. The highest BCUT2D eigenvalue weighted by Gasteiger charge is 2.32. The van der Waals surface area contributed by atoms with E-state index in [1.165, 1.54) is 0 Å². The maximum atomic E-state index is 13.0. The summed E-state index contributed by atoms with van der Waals surface area (Å²) in [6.45, 7) is 0.766. The van der Waals surface area contributed by atoms with Crippen LogP contribution in [0.1, 0.15) is 23.6 Å². The number of alkyl halides is 3. The maximum absolute atomic E-state index is 13.0. The minimum atomic E-state index is -4.49. The zero-order valence-corrected chi connectivity index (χ0v) is 7.74. The Morgan fingerprint density at radius 2 is 1.87 bits per heavy atom. The first-order valence-corrected chi connectivity index (χ1v) is 4.58. The fourth-order valence-corrected chi connectivity index (χ4v) is 1.55. The molecule has 2 rings (SSSR count). The van der Waals surface area contributed by atoms with Crippen molar-refractivity contribution in [1.82, 2.24) is 5.32 Å². The Bertz CT molecular complexity index is 368. The summed E-state index contributed by atoms with van der Waals surface area (Å²) in [5.74, 6) is -0.839.